The third-order valence-corrected chi connectivity index (χ3v) is 2.53. The Morgan fingerprint density at radius 2 is 1.93 bits per heavy atom. The predicted octanol–water partition coefficient (Wildman–Crippen LogP) is 1.40. The second-order valence-electron chi connectivity index (χ2n) is 3.29. The molecule has 1 aliphatic rings. The molecular weight excluding hydrogens is 239 g/mol. The molecule has 1 fully saturated rings. The van der Waals surface area contributed by atoms with Gasteiger partial charge in [-0.3, -0.25) is 0 Å². The smallest absolute Gasteiger partial charge is 0.231 e. The Morgan fingerprint density at radius 3 is 2.53 bits per heavy atom. The number of nitrogens with zero attached hydrogens (tertiary/aromatic N) is 4. The lowest BCUT2D eigenvalue weighted by Gasteiger charge is -2.33. The third-order valence-electron chi connectivity index (χ3n) is 2.19. The molecular formula is C8H10Cl2N4O. The summed E-state index contributed by atoms with van der Waals surface area (Å²) in [5.41, 5.74) is 0. The van der Waals surface area contributed by atoms with Crippen molar-refractivity contribution in [2.45, 2.75) is 13.0 Å². The SMILES string of the molecule is C[C@@H]1COCCN1c1nc(Cl)nc(Cl)n1. The summed E-state index contributed by atoms with van der Waals surface area (Å²) >= 11 is 11.4. The minimum Gasteiger partial charge on any atom is -0.377 e. The average molecular weight is 249 g/mol. The molecule has 0 radical (unpaired) electrons. The van der Waals surface area contributed by atoms with Gasteiger partial charge in [-0.1, -0.05) is 0 Å². The van der Waals surface area contributed by atoms with Gasteiger partial charge in [-0.05, 0) is 30.1 Å². The van der Waals surface area contributed by atoms with Crippen molar-refractivity contribution in [1.82, 2.24) is 15.0 Å². The third kappa shape index (κ3) is 2.48. The summed E-state index contributed by atoms with van der Waals surface area (Å²) in [6.45, 7) is 4.08. The molecule has 5 nitrogen and oxygen atoms in total. The number of aromatic nitrogens is 3. The summed E-state index contributed by atoms with van der Waals surface area (Å²) in [5.74, 6) is 0.510. The molecule has 2 heterocycles. The fourth-order valence-corrected chi connectivity index (χ4v) is 1.82. The molecule has 0 aromatic carbocycles. The Morgan fingerprint density at radius 1 is 1.27 bits per heavy atom. The molecule has 2 rings (SSSR count). The Labute approximate surface area is 97.4 Å². The van der Waals surface area contributed by atoms with E-state index < -0.39 is 0 Å². The van der Waals surface area contributed by atoms with Crippen LogP contribution in [-0.2, 0) is 4.74 Å². The Balaban J connectivity index is 2.27. The number of halogens is 2. The van der Waals surface area contributed by atoms with Crippen molar-refractivity contribution in [2.24, 2.45) is 0 Å². The fourth-order valence-electron chi connectivity index (χ4n) is 1.47. The van der Waals surface area contributed by atoms with Crippen molar-refractivity contribution in [3.8, 4) is 0 Å². The van der Waals surface area contributed by atoms with Crippen LogP contribution in [0.2, 0.25) is 10.6 Å². The molecule has 0 spiro atoms. The Kier molecular flexibility index (Phi) is 3.23. The standard InChI is InChI=1S/C8H10Cl2N4O/c1-5-4-15-3-2-14(5)8-12-6(9)11-7(10)13-8/h5H,2-4H2,1H3/t5-/m1/s1. The van der Waals surface area contributed by atoms with Gasteiger partial charge in [0.15, 0.2) is 0 Å². The van der Waals surface area contributed by atoms with E-state index in [1.54, 1.807) is 0 Å². The molecule has 1 aromatic heterocycles. The minimum atomic E-state index is 0.115. The van der Waals surface area contributed by atoms with Crippen LogP contribution in [0.5, 0.6) is 0 Å². The molecule has 1 atom stereocenters. The van der Waals surface area contributed by atoms with Gasteiger partial charge in [0.25, 0.3) is 0 Å². The maximum Gasteiger partial charge on any atom is 0.231 e. The lowest BCUT2D eigenvalue weighted by atomic mass is 10.3. The zero-order valence-corrected chi connectivity index (χ0v) is 9.66. The van der Waals surface area contributed by atoms with Gasteiger partial charge in [0, 0.05) is 6.54 Å². The molecule has 0 saturated carbocycles. The maximum absolute atomic E-state index is 5.71. The number of ether oxygens (including phenoxy) is 1. The predicted molar refractivity (Wildman–Crippen MR) is 57.5 cm³/mol. The number of hydrogen-bond donors (Lipinski definition) is 0. The molecule has 0 N–H and O–H groups in total. The molecule has 15 heavy (non-hydrogen) atoms. The second-order valence-corrected chi connectivity index (χ2v) is 3.97. The molecule has 0 amide bonds. The molecule has 7 heteroatoms. The lowest BCUT2D eigenvalue weighted by molar-refractivity contribution is 0.0980. The van der Waals surface area contributed by atoms with Gasteiger partial charge in [-0.15, -0.1) is 0 Å². The minimum absolute atomic E-state index is 0.115. The largest absolute Gasteiger partial charge is 0.377 e. The first-order valence-corrected chi connectivity index (χ1v) is 5.34. The van der Waals surface area contributed by atoms with Crippen LogP contribution in [0.4, 0.5) is 5.95 Å². The van der Waals surface area contributed by atoms with E-state index in [4.69, 9.17) is 27.9 Å². The molecule has 1 aromatic rings. The van der Waals surface area contributed by atoms with Crippen LogP contribution >= 0.6 is 23.2 Å². The topological polar surface area (TPSA) is 51.1 Å². The molecule has 1 saturated heterocycles. The highest BCUT2D eigenvalue weighted by molar-refractivity contribution is 6.31. The highest BCUT2D eigenvalue weighted by Gasteiger charge is 2.22. The summed E-state index contributed by atoms with van der Waals surface area (Å²) in [6.07, 6.45) is 0. The van der Waals surface area contributed by atoms with Gasteiger partial charge < -0.3 is 9.64 Å². The first-order valence-electron chi connectivity index (χ1n) is 4.58. The highest BCUT2D eigenvalue weighted by Crippen LogP contribution is 2.18. The summed E-state index contributed by atoms with van der Waals surface area (Å²) in [5, 5.41) is 0.229. The molecule has 82 valence electrons. The average Bonchev–Trinajstić information content (AvgIpc) is 2.16. The molecule has 1 aliphatic heterocycles. The molecule has 0 unspecified atom stereocenters. The number of hydrogen-bond acceptors (Lipinski definition) is 5. The van der Waals surface area contributed by atoms with Crippen molar-refractivity contribution in [3.63, 3.8) is 0 Å². The monoisotopic (exact) mass is 248 g/mol. The summed E-state index contributed by atoms with van der Waals surface area (Å²) in [4.78, 5) is 13.8. The quantitative estimate of drug-likeness (QED) is 0.753. The maximum atomic E-state index is 5.71. The lowest BCUT2D eigenvalue weighted by Crippen LogP contribution is -2.44. The van der Waals surface area contributed by atoms with Crippen molar-refractivity contribution >= 4 is 29.2 Å². The first-order chi connectivity index (χ1) is 7.16. The normalized spacial score (nSPS) is 21.8. The van der Waals surface area contributed by atoms with Crippen molar-refractivity contribution in [1.29, 1.82) is 0 Å². The van der Waals surface area contributed by atoms with E-state index in [0.717, 1.165) is 6.54 Å². The van der Waals surface area contributed by atoms with Gasteiger partial charge in [-0.2, -0.15) is 15.0 Å². The van der Waals surface area contributed by atoms with E-state index in [2.05, 4.69) is 15.0 Å². The van der Waals surface area contributed by atoms with Crippen molar-refractivity contribution in [2.75, 3.05) is 24.7 Å². The summed E-state index contributed by atoms with van der Waals surface area (Å²) in [6, 6.07) is 0.216. The van der Waals surface area contributed by atoms with Crippen LogP contribution in [-0.4, -0.2) is 40.8 Å². The Bertz CT molecular complexity index is 342. The van der Waals surface area contributed by atoms with Gasteiger partial charge in [-0.25, -0.2) is 0 Å². The van der Waals surface area contributed by atoms with Crippen molar-refractivity contribution < 1.29 is 4.74 Å². The Hall–Kier alpha value is -0.650. The summed E-state index contributed by atoms with van der Waals surface area (Å²) < 4.78 is 5.32. The van der Waals surface area contributed by atoms with Gasteiger partial charge in [0.2, 0.25) is 16.5 Å². The number of rotatable bonds is 1. The fraction of sp³-hybridized carbons (Fsp3) is 0.625. The molecule has 0 bridgehead atoms. The van der Waals surface area contributed by atoms with E-state index >= 15 is 0 Å². The van der Waals surface area contributed by atoms with E-state index in [9.17, 15) is 0 Å². The van der Waals surface area contributed by atoms with Crippen LogP contribution < -0.4 is 4.90 Å². The van der Waals surface area contributed by atoms with Crippen LogP contribution in [0.25, 0.3) is 0 Å². The zero-order chi connectivity index (χ0) is 10.8. The van der Waals surface area contributed by atoms with E-state index in [1.807, 2.05) is 11.8 Å². The van der Waals surface area contributed by atoms with Crippen LogP contribution in [0.3, 0.4) is 0 Å². The van der Waals surface area contributed by atoms with Crippen molar-refractivity contribution in [3.05, 3.63) is 10.6 Å². The molecule has 0 aliphatic carbocycles. The van der Waals surface area contributed by atoms with E-state index in [1.165, 1.54) is 0 Å². The van der Waals surface area contributed by atoms with E-state index in [-0.39, 0.29) is 16.6 Å². The van der Waals surface area contributed by atoms with Gasteiger partial charge in [0.1, 0.15) is 0 Å². The number of morpholine rings is 1. The van der Waals surface area contributed by atoms with E-state index in [0.29, 0.717) is 19.2 Å². The first kappa shape index (κ1) is 10.9. The van der Waals surface area contributed by atoms with Crippen LogP contribution in [0.1, 0.15) is 6.92 Å². The highest BCUT2D eigenvalue weighted by atomic mass is 35.5. The van der Waals surface area contributed by atoms with Gasteiger partial charge in [0.05, 0.1) is 19.3 Å². The number of anilines is 1. The van der Waals surface area contributed by atoms with Gasteiger partial charge >= 0.3 is 0 Å². The zero-order valence-electron chi connectivity index (χ0n) is 8.15. The summed E-state index contributed by atoms with van der Waals surface area (Å²) in [7, 11) is 0. The van der Waals surface area contributed by atoms with Crippen LogP contribution in [0.15, 0.2) is 0 Å². The van der Waals surface area contributed by atoms with Crippen LogP contribution in [0, 0.1) is 0 Å². The second kappa shape index (κ2) is 4.47.